The summed E-state index contributed by atoms with van der Waals surface area (Å²) in [5, 5.41) is 19.9. The molecule has 0 atom stereocenters. The summed E-state index contributed by atoms with van der Waals surface area (Å²) in [6, 6.07) is 4.82. The molecule has 136 valence electrons. The zero-order valence-corrected chi connectivity index (χ0v) is 15.3. The summed E-state index contributed by atoms with van der Waals surface area (Å²) in [5.41, 5.74) is 1.33. The van der Waals surface area contributed by atoms with Gasteiger partial charge in [0.1, 0.15) is 18.2 Å². The van der Waals surface area contributed by atoms with Gasteiger partial charge in [0.15, 0.2) is 5.82 Å². The van der Waals surface area contributed by atoms with Gasteiger partial charge in [-0.3, -0.25) is 14.9 Å². The molecule has 0 aromatic carbocycles. The molecule has 0 spiro atoms. The van der Waals surface area contributed by atoms with Crippen molar-refractivity contribution in [3.63, 3.8) is 0 Å². The van der Waals surface area contributed by atoms with E-state index in [2.05, 4.69) is 25.7 Å². The van der Waals surface area contributed by atoms with Crippen molar-refractivity contribution in [1.82, 2.24) is 29.8 Å². The minimum atomic E-state index is -0.426. The van der Waals surface area contributed by atoms with Crippen LogP contribution < -0.4 is 10.9 Å². The highest BCUT2D eigenvalue weighted by molar-refractivity contribution is 7.15. The molecule has 0 bridgehead atoms. The average Bonchev–Trinajstić information content (AvgIpc) is 3.15. The third-order valence-electron chi connectivity index (χ3n) is 3.35. The Bertz CT molecular complexity index is 991. The second-order valence-electron chi connectivity index (χ2n) is 5.51. The smallest absolute Gasteiger partial charge is 0.267 e. The molecule has 0 saturated carbocycles. The molecule has 0 saturated heterocycles. The molecule has 26 heavy (non-hydrogen) atoms. The number of aromatic nitrogens is 6. The summed E-state index contributed by atoms with van der Waals surface area (Å²) in [6.45, 7) is 3.83. The van der Waals surface area contributed by atoms with E-state index in [-0.39, 0.29) is 12.1 Å². The van der Waals surface area contributed by atoms with Crippen molar-refractivity contribution >= 4 is 22.4 Å². The molecule has 3 heterocycles. The Labute approximate surface area is 152 Å². The van der Waals surface area contributed by atoms with E-state index in [0.29, 0.717) is 22.6 Å². The van der Waals surface area contributed by atoms with Gasteiger partial charge in [-0.2, -0.15) is 5.10 Å². The van der Waals surface area contributed by atoms with Crippen molar-refractivity contribution in [3.05, 3.63) is 44.9 Å². The molecule has 10 nitrogen and oxygen atoms in total. The molecule has 0 aliphatic heterocycles. The van der Waals surface area contributed by atoms with Crippen LogP contribution in [-0.4, -0.2) is 42.8 Å². The second kappa shape index (κ2) is 7.54. The number of hydrogen-bond donors (Lipinski definition) is 1. The van der Waals surface area contributed by atoms with Gasteiger partial charge >= 0.3 is 0 Å². The topological polar surface area (TPSA) is 117 Å². The lowest BCUT2D eigenvalue weighted by atomic mass is 10.4. The van der Waals surface area contributed by atoms with Crippen LogP contribution in [0.2, 0.25) is 0 Å². The third kappa shape index (κ3) is 4.00. The van der Waals surface area contributed by atoms with Crippen LogP contribution in [0.25, 0.3) is 5.82 Å². The van der Waals surface area contributed by atoms with E-state index < -0.39 is 5.91 Å². The summed E-state index contributed by atoms with van der Waals surface area (Å²) in [7, 11) is 1.55. The zero-order valence-electron chi connectivity index (χ0n) is 14.5. The van der Waals surface area contributed by atoms with Crippen molar-refractivity contribution in [3.8, 4) is 5.82 Å². The van der Waals surface area contributed by atoms with Crippen LogP contribution in [0.3, 0.4) is 0 Å². The lowest BCUT2D eigenvalue weighted by Crippen LogP contribution is -2.30. The number of rotatable bonds is 6. The van der Waals surface area contributed by atoms with Gasteiger partial charge in [-0.05, 0) is 26.0 Å². The first-order chi connectivity index (χ1) is 12.5. The highest BCUT2D eigenvalue weighted by Gasteiger charge is 2.12. The van der Waals surface area contributed by atoms with Crippen LogP contribution in [0, 0.1) is 13.8 Å². The largest absolute Gasteiger partial charge is 0.377 e. The summed E-state index contributed by atoms with van der Waals surface area (Å²) < 4.78 is 7.65. The maximum atomic E-state index is 12.2. The highest BCUT2D eigenvalue weighted by atomic mass is 32.1. The monoisotopic (exact) mass is 375 g/mol. The molecule has 1 N–H and O–H groups in total. The Hall–Kier alpha value is -2.92. The Morgan fingerprint density at radius 2 is 2.08 bits per heavy atom. The Kier molecular flexibility index (Phi) is 5.19. The Morgan fingerprint density at radius 3 is 2.77 bits per heavy atom. The van der Waals surface area contributed by atoms with Crippen LogP contribution in [0.4, 0.5) is 5.13 Å². The second-order valence-corrected chi connectivity index (χ2v) is 6.57. The van der Waals surface area contributed by atoms with Crippen molar-refractivity contribution in [2.75, 3.05) is 12.4 Å². The van der Waals surface area contributed by atoms with Crippen LogP contribution in [-0.2, 0) is 22.7 Å². The fourth-order valence-electron chi connectivity index (χ4n) is 2.31. The fraction of sp³-hybridized carbons (Fsp3) is 0.333. The summed E-state index contributed by atoms with van der Waals surface area (Å²) in [5.74, 6) is 0.0338. The van der Waals surface area contributed by atoms with Gasteiger partial charge in [0.2, 0.25) is 11.0 Å². The number of methoxy groups -OCH3 is 1. The molecule has 3 rings (SSSR count). The first-order valence-corrected chi connectivity index (χ1v) is 8.51. The molecule has 0 unspecified atom stereocenters. The highest BCUT2D eigenvalue weighted by Crippen LogP contribution is 2.15. The maximum absolute atomic E-state index is 12.2. The van der Waals surface area contributed by atoms with Gasteiger partial charge in [-0.25, -0.2) is 9.36 Å². The normalized spacial score (nSPS) is 10.9. The van der Waals surface area contributed by atoms with Gasteiger partial charge in [0.25, 0.3) is 5.56 Å². The Morgan fingerprint density at radius 1 is 1.27 bits per heavy atom. The van der Waals surface area contributed by atoms with E-state index in [9.17, 15) is 9.59 Å². The van der Waals surface area contributed by atoms with Gasteiger partial charge in [0, 0.05) is 18.9 Å². The van der Waals surface area contributed by atoms with E-state index in [1.54, 1.807) is 17.9 Å². The molecule has 1 amide bonds. The number of aryl methyl sites for hydroxylation is 2. The van der Waals surface area contributed by atoms with Crippen LogP contribution >= 0.6 is 11.3 Å². The lowest BCUT2D eigenvalue weighted by molar-refractivity contribution is -0.117. The predicted octanol–water partition coefficient (Wildman–Crippen LogP) is 0.682. The quantitative estimate of drug-likeness (QED) is 0.673. The van der Waals surface area contributed by atoms with Crippen LogP contribution in [0.5, 0.6) is 0 Å². The molecular weight excluding hydrogens is 358 g/mol. The number of anilines is 1. The predicted molar refractivity (Wildman–Crippen MR) is 94.3 cm³/mol. The summed E-state index contributed by atoms with van der Waals surface area (Å²) >= 11 is 1.20. The molecule has 11 heteroatoms. The maximum Gasteiger partial charge on any atom is 0.267 e. The molecule has 3 aromatic heterocycles. The minimum absolute atomic E-state index is 0.245. The molecule has 3 aromatic rings. The number of carbonyl (C=O) groups excluding carboxylic acids is 1. The molecule has 0 fully saturated rings. The molecule has 0 aliphatic rings. The number of nitrogens with zero attached hydrogens (tertiary/aromatic N) is 6. The standard InChI is InChI=1S/C15H17N7O3S/c1-9-6-10(2)22(19-9)11-4-5-14(24)21(20-11)7-12(23)16-15-18-17-13(26-15)8-25-3/h4-6H,7-8H2,1-3H3,(H,16,18,23). The van der Waals surface area contributed by atoms with Crippen molar-refractivity contribution in [2.24, 2.45) is 0 Å². The van der Waals surface area contributed by atoms with E-state index in [1.807, 2.05) is 19.9 Å². The number of amides is 1. The lowest BCUT2D eigenvalue weighted by Gasteiger charge is -2.07. The van der Waals surface area contributed by atoms with E-state index in [0.717, 1.165) is 16.1 Å². The first-order valence-electron chi connectivity index (χ1n) is 7.69. The van der Waals surface area contributed by atoms with Crippen molar-refractivity contribution in [2.45, 2.75) is 27.0 Å². The van der Waals surface area contributed by atoms with Gasteiger partial charge < -0.3 is 4.74 Å². The van der Waals surface area contributed by atoms with E-state index in [4.69, 9.17) is 4.74 Å². The number of hydrogen-bond acceptors (Lipinski definition) is 8. The van der Waals surface area contributed by atoms with Crippen molar-refractivity contribution in [1.29, 1.82) is 0 Å². The fourth-order valence-corrected chi connectivity index (χ4v) is 3.03. The van der Waals surface area contributed by atoms with E-state index >= 15 is 0 Å². The SMILES string of the molecule is COCc1nnc(NC(=O)Cn2nc(-n3nc(C)cc3C)ccc2=O)s1. The minimum Gasteiger partial charge on any atom is -0.377 e. The third-order valence-corrected chi connectivity index (χ3v) is 4.17. The summed E-state index contributed by atoms with van der Waals surface area (Å²) in [4.78, 5) is 24.2. The van der Waals surface area contributed by atoms with Crippen LogP contribution in [0.15, 0.2) is 23.0 Å². The number of nitrogens with one attached hydrogen (secondary N) is 1. The average molecular weight is 375 g/mol. The molecule has 0 aliphatic carbocycles. The van der Waals surface area contributed by atoms with Gasteiger partial charge in [-0.15, -0.1) is 15.3 Å². The number of carbonyl (C=O) groups is 1. The van der Waals surface area contributed by atoms with Gasteiger partial charge in [-0.1, -0.05) is 11.3 Å². The van der Waals surface area contributed by atoms with E-state index in [1.165, 1.54) is 17.4 Å². The molecule has 0 radical (unpaired) electrons. The zero-order chi connectivity index (χ0) is 18.7. The first kappa shape index (κ1) is 17.9. The van der Waals surface area contributed by atoms with Crippen LogP contribution in [0.1, 0.15) is 16.4 Å². The Balaban J connectivity index is 1.76. The summed E-state index contributed by atoms with van der Waals surface area (Å²) in [6.07, 6.45) is 0. The number of ether oxygens (including phenoxy) is 1. The van der Waals surface area contributed by atoms with Crippen molar-refractivity contribution < 1.29 is 9.53 Å². The van der Waals surface area contributed by atoms with Gasteiger partial charge in [0.05, 0.1) is 5.69 Å². The molecular formula is C15H17N7O3S.